The third kappa shape index (κ3) is 3.70. The largest absolute Gasteiger partial charge is 0.415 e. The zero-order chi connectivity index (χ0) is 20.5. The summed E-state index contributed by atoms with van der Waals surface area (Å²) in [7, 11) is 0. The number of pyridine rings is 1. The van der Waals surface area contributed by atoms with E-state index in [1.54, 1.807) is 17.9 Å². The molecule has 29 heavy (non-hydrogen) atoms. The van der Waals surface area contributed by atoms with Crippen LogP contribution in [-0.4, -0.2) is 44.0 Å². The topological polar surface area (TPSA) is 101 Å². The summed E-state index contributed by atoms with van der Waals surface area (Å²) in [6.07, 6.45) is 2.60. The second-order valence-electron chi connectivity index (χ2n) is 7.28. The van der Waals surface area contributed by atoms with E-state index < -0.39 is 12.3 Å². The number of amides is 2. The fourth-order valence-electron chi connectivity index (χ4n) is 3.98. The molecule has 0 radical (unpaired) electrons. The van der Waals surface area contributed by atoms with Gasteiger partial charge in [-0.25, -0.2) is 0 Å². The highest BCUT2D eigenvalue weighted by Gasteiger charge is 2.39. The van der Waals surface area contributed by atoms with Crippen molar-refractivity contribution in [3.8, 4) is 11.5 Å². The van der Waals surface area contributed by atoms with E-state index in [1.807, 2.05) is 0 Å². The molecule has 0 unspecified atom stereocenters. The smallest absolute Gasteiger partial charge is 0.314 e. The summed E-state index contributed by atoms with van der Waals surface area (Å²) in [5, 5.41) is 9.96. The maximum Gasteiger partial charge on any atom is 0.314 e. The molecule has 2 atom stereocenters. The number of nitrogens with zero attached hydrogens (tertiary/aromatic N) is 4. The van der Waals surface area contributed by atoms with Crippen molar-refractivity contribution in [2.75, 3.05) is 0 Å². The number of carbonyl (C=O) groups excluding carboxylic acids is 2. The molecule has 0 bridgehead atoms. The lowest BCUT2D eigenvalue weighted by Crippen LogP contribution is -2.53. The maximum atomic E-state index is 13.1. The monoisotopic (exact) mass is 405 g/mol. The van der Waals surface area contributed by atoms with Crippen molar-refractivity contribution < 1.29 is 22.8 Å². The Kier molecular flexibility index (Phi) is 5.25. The van der Waals surface area contributed by atoms with Crippen molar-refractivity contribution in [3.05, 3.63) is 29.4 Å². The number of aromatic nitrogens is 3. The first-order valence-corrected chi connectivity index (χ1v) is 9.69. The van der Waals surface area contributed by atoms with Gasteiger partial charge in [-0.15, -0.1) is 10.2 Å². The Morgan fingerprint density at radius 2 is 2.14 bits per heavy atom. The van der Waals surface area contributed by atoms with Gasteiger partial charge in [0.2, 0.25) is 11.8 Å². The molecule has 3 heterocycles. The fraction of sp³-hybridized carbons (Fsp3) is 0.526. The third-order valence-corrected chi connectivity index (χ3v) is 5.45. The van der Waals surface area contributed by atoms with E-state index in [1.165, 1.54) is 6.20 Å². The van der Waals surface area contributed by atoms with E-state index in [2.05, 4.69) is 20.5 Å². The van der Waals surface area contributed by atoms with Crippen molar-refractivity contribution >= 4 is 11.8 Å². The number of halogens is 2. The van der Waals surface area contributed by atoms with Gasteiger partial charge >= 0.3 is 6.43 Å². The van der Waals surface area contributed by atoms with E-state index in [4.69, 9.17) is 4.42 Å². The number of fused-ring (bicyclic) bond motifs is 1. The number of alkyl halides is 2. The van der Waals surface area contributed by atoms with Crippen LogP contribution in [0.1, 0.15) is 67.4 Å². The van der Waals surface area contributed by atoms with Gasteiger partial charge in [0.15, 0.2) is 0 Å². The summed E-state index contributed by atoms with van der Waals surface area (Å²) < 4.78 is 30.3. The molecule has 8 nitrogen and oxygen atoms in total. The predicted octanol–water partition coefficient (Wildman–Crippen LogP) is 2.86. The number of hydrogen-bond acceptors (Lipinski definition) is 6. The zero-order valence-corrected chi connectivity index (χ0v) is 15.9. The van der Waals surface area contributed by atoms with E-state index in [9.17, 15) is 18.4 Å². The number of rotatable bonds is 5. The summed E-state index contributed by atoms with van der Waals surface area (Å²) in [6.45, 7) is 2.15. The van der Waals surface area contributed by atoms with Gasteiger partial charge in [0, 0.05) is 18.7 Å². The van der Waals surface area contributed by atoms with Gasteiger partial charge in [0.25, 0.3) is 11.8 Å². The Hall–Kier alpha value is -2.91. The van der Waals surface area contributed by atoms with Crippen LogP contribution < -0.4 is 5.32 Å². The zero-order valence-electron chi connectivity index (χ0n) is 15.9. The summed E-state index contributed by atoms with van der Waals surface area (Å²) in [5.41, 5.74) is 1.32. The fourth-order valence-corrected chi connectivity index (χ4v) is 3.98. The molecule has 4 rings (SSSR count). The minimum Gasteiger partial charge on any atom is -0.415 e. The number of carbonyl (C=O) groups is 2. The normalized spacial score (nSPS) is 21.5. The Morgan fingerprint density at radius 3 is 2.86 bits per heavy atom. The molecule has 2 aromatic rings. The second-order valence-corrected chi connectivity index (χ2v) is 7.28. The highest BCUT2D eigenvalue weighted by atomic mass is 19.3. The molecule has 0 spiro atoms. The number of nitrogens with one attached hydrogen (secondary N) is 1. The standard InChI is InChI=1S/C19H21F2N5O3/c1-2-15(27)23-12-5-3-4-6-14(12)26-9-13-11(19(26)28)7-10(8-22-13)17-24-25-18(29-17)16(20)21/h7-8,12,14,16H,2-6,9H2,1H3,(H,23,27)/t12-,14-/m1/s1. The van der Waals surface area contributed by atoms with Gasteiger partial charge in [-0.3, -0.25) is 14.6 Å². The van der Waals surface area contributed by atoms with E-state index >= 15 is 0 Å². The molecule has 1 aliphatic carbocycles. The lowest BCUT2D eigenvalue weighted by atomic mass is 9.89. The van der Waals surface area contributed by atoms with Gasteiger partial charge in [-0.1, -0.05) is 19.8 Å². The van der Waals surface area contributed by atoms with Crippen molar-refractivity contribution in [1.82, 2.24) is 25.4 Å². The van der Waals surface area contributed by atoms with Crippen LogP contribution in [-0.2, 0) is 11.3 Å². The van der Waals surface area contributed by atoms with Crippen LogP contribution in [0.4, 0.5) is 8.78 Å². The van der Waals surface area contributed by atoms with Crippen LogP contribution >= 0.6 is 0 Å². The molecule has 2 amide bonds. The Morgan fingerprint density at radius 1 is 1.34 bits per heavy atom. The van der Waals surface area contributed by atoms with Crippen LogP contribution in [0, 0.1) is 0 Å². The quantitative estimate of drug-likeness (QED) is 0.821. The lowest BCUT2D eigenvalue weighted by Gasteiger charge is -2.38. The lowest BCUT2D eigenvalue weighted by molar-refractivity contribution is -0.122. The van der Waals surface area contributed by atoms with Crippen molar-refractivity contribution in [2.24, 2.45) is 0 Å². The molecule has 1 fully saturated rings. The van der Waals surface area contributed by atoms with Crippen LogP contribution in [0.2, 0.25) is 0 Å². The van der Waals surface area contributed by atoms with Crippen molar-refractivity contribution in [2.45, 2.75) is 64.1 Å². The minimum absolute atomic E-state index is 0.0299. The van der Waals surface area contributed by atoms with Gasteiger partial charge in [-0.2, -0.15) is 8.78 Å². The van der Waals surface area contributed by atoms with Gasteiger partial charge in [0.05, 0.1) is 29.4 Å². The van der Waals surface area contributed by atoms with E-state index in [0.29, 0.717) is 29.8 Å². The number of hydrogen-bond donors (Lipinski definition) is 1. The highest BCUT2D eigenvalue weighted by Crippen LogP contribution is 2.32. The summed E-state index contributed by atoms with van der Waals surface area (Å²) in [4.78, 5) is 31.0. The van der Waals surface area contributed by atoms with Crippen molar-refractivity contribution in [1.29, 1.82) is 0 Å². The molecule has 154 valence electrons. The molecule has 1 aliphatic heterocycles. The third-order valence-electron chi connectivity index (χ3n) is 5.45. The minimum atomic E-state index is -2.86. The molecule has 0 aromatic carbocycles. The van der Waals surface area contributed by atoms with Crippen LogP contribution in [0.5, 0.6) is 0 Å². The first-order chi connectivity index (χ1) is 14.0. The molecule has 2 aliphatic rings. The van der Waals surface area contributed by atoms with Gasteiger partial charge in [-0.05, 0) is 18.9 Å². The van der Waals surface area contributed by atoms with Gasteiger partial charge < -0.3 is 14.6 Å². The summed E-state index contributed by atoms with van der Waals surface area (Å²) in [6, 6.07) is 1.37. The van der Waals surface area contributed by atoms with Crippen LogP contribution in [0.15, 0.2) is 16.7 Å². The highest BCUT2D eigenvalue weighted by molar-refractivity contribution is 5.99. The molecule has 10 heteroatoms. The van der Waals surface area contributed by atoms with Crippen LogP contribution in [0.3, 0.4) is 0 Å². The molecular weight excluding hydrogens is 384 g/mol. The second kappa shape index (κ2) is 7.84. The Bertz CT molecular complexity index is 932. The summed E-state index contributed by atoms with van der Waals surface area (Å²) >= 11 is 0. The molecule has 1 N–H and O–H groups in total. The van der Waals surface area contributed by atoms with Crippen molar-refractivity contribution in [3.63, 3.8) is 0 Å². The average molecular weight is 405 g/mol. The SMILES string of the molecule is CCC(=O)N[C@@H]1CCCC[C@H]1N1Cc2ncc(-c3nnc(C(F)F)o3)cc2C1=O. The van der Waals surface area contributed by atoms with Crippen LogP contribution in [0.25, 0.3) is 11.5 Å². The first kappa shape index (κ1) is 19.4. The molecule has 1 saturated carbocycles. The average Bonchev–Trinajstić information content (AvgIpc) is 3.34. The molecule has 2 aromatic heterocycles. The Balaban J connectivity index is 1.57. The van der Waals surface area contributed by atoms with E-state index in [0.717, 1.165) is 25.7 Å². The Labute approximate surface area is 165 Å². The maximum absolute atomic E-state index is 13.1. The van der Waals surface area contributed by atoms with E-state index in [-0.39, 0.29) is 29.8 Å². The molecule has 0 saturated heterocycles. The van der Waals surface area contributed by atoms with Gasteiger partial charge in [0.1, 0.15) is 0 Å². The summed E-state index contributed by atoms with van der Waals surface area (Å²) in [5.74, 6) is -1.10. The first-order valence-electron chi connectivity index (χ1n) is 9.69. The molecular formula is C19H21F2N5O3. The predicted molar refractivity (Wildman–Crippen MR) is 96.8 cm³/mol.